The zero-order valence-corrected chi connectivity index (χ0v) is 10.7. The fraction of sp³-hybridized carbons (Fsp3) is 0.600. The second-order valence-electron chi connectivity index (χ2n) is 3.15. The average Bonchev–Trinajstić information content (AvgIpc) is 2.70. The van der Waals surface area contributed by atoms with Crippen molar-refractivity contribution in [2.75, 3.05) is 25.6 Å². The van der Waals surface area contributed by atoms with Crippen molar-refractivity contribution in [2.45, 2.75) is 13.3 Å². The van der Waals surface area contributed by atoms with E-state index < -0.39 is 0 Å². The maximum absolute atomic E-state index is 11.5. The van der Waals surface area contributed by atoms with Crippen molar-refractivity contribution in [1.29, 1.82) is 0 Å². The smallest absolute Gasteiger partial charge is 0.263 e. The van der Waals surface area contributed by atoms with Gasteiger partial charge < -0.3 is 10.1 Å². The first-order valence-electron chi connectivity index (χ1n) is 5.08. The van der Waals surface area contributed by atoms with Gasteiger partial charge in [0.05, 0.1) is 17.8 Å². The fourth-order valence-electron chi connectivity index (χ4n) is 1.09. The van der Waals surface area contributed by atoms with E-state index in [4.69, 9.17) is 16.3 Å². The Labute approximate surface area is 104 Å². The molecule has 0 aromatic carbocycles. The van der Waals surface area contributed by atoms with Gasteiger partial charge in [0.15, 0.2) is 0 Å². The third kappa shape index (κ3) is 4.92. The van der Waals surface area contributed by atoms with Crippen LogP contribution in [0, 0.1) is 6.92 Å². The van der Waals surface area contributed by atoms with E-state index in [0.29, 0.717) is 30.5 Å². The van der Waals surface area contributed by atoms with E-state index >= 15 is 0 Å². The Morgan fingerprint density at radius 1 is 1.62 bits per heavy atom. The van der Waals surface area contributed by atoms with Crippen LogP contribution < -0.4 is 5.32 Å². The highest BCUT2D eigenvalue weighted by molar-refractivity contribution is 7.13. The summed E-state index contributed by atoms with van der Waals surface area (Å²) >= 11 is 6.84. The summed E-state index contributed by atoms with van der Waals surface area (Å²) in [5.41, 5.74) is 0. The third-order valence-corrected chi connectivity index (χ3v) is 2.88. The van der Waals surface area contributed by atoms with Crippen molar-refractivity contribution in [3.8, 4) is 0 Å². The number of hydrogen-bond donors (Lipinski definition) is 1. The van der Waals surface area contributed by atoms with Gasteiger partial charge in [-0.2, -0.15) is 0 Å². The van der Waals surface area contributed by atoms with Crippen molar-refractivity contribution in [3.05, 3.63) is 16.1 Å². The second-order valence-corrected chi connectivity index (χ2v) is 4.77. The number of hydrogen-bond acceptors (Lipinski definition) is 4. The Bertz CT molecular complexity index is 330. The molecular weight excluding hydrogens is 248 g/mol. The van der Waals surface area contributed by atoms with E-state index in [0.717, 1.165) is 11.4 Å². The Kier molecular flexibility index (Phi) is 6.37. The summed E-state index contributed by atoms with van der Waals surface area (Å²) in [4.78, 5) is 16.2. The van der Waals surface area contributed by atoms with E-state index in [1.54, 1.807) is 6.20 Å². The molecule has 0 saturated carbocycles. The number of aryl methyl sites for hydroxylation is 1. The molecule has 1 aromatic rings. The van der Waals surface area contributed by atoms with Gasteiger partial charge in [-0.3, -0.25) is 4.79 Å². The lowest BCUT2D eigenvalue weighted by Crippen LogP contribution is -2.24. The third-order valence-electron chi connectivity index (χ3n) is 1.82. The summed E-state index contributed by atoms with van der Waals surface area (Å²) in [6.07, 6.45) is 2.39. The Morgan fingerprint density at radius 2 is 2.44 bits per heavy atom. The van der Waals surface area contributed by atoms with Gasteiger partial charge in [-0.15, -0.1) is 22.9 Å². The summed E-state index contributed by atoms with van der Waals surface area (Å²) in [5, 5.41) is 3.71. The topological polar surface area (TPSA) is 51.2 Å². The minimum Gasteiger partial charge on any atom is -0.380 e. The van der Waals surface area contributed by atoms with Crippen LogP contribution in [0.3, 0.4) is 0 Å². The highest BCUT2D eigenvalue weighted by atomic mass is 35.5. The van der Waals surface area contributed by atoms with Crippen LogP contribution in [0.15, 0.2) is 6.20 Å². The van der Waals surface area contributed by atoms with Crippen LogP contribution in [0.4, 0.5) is 0 Å². The van der Waals surface area contributed by atoms with E-state index in [-0.39, 0.29) is 5.91 Å². The molecular formula is C10H15ClN2O2S. The molecule has 1 heterocycles. The van der Waals surface area contributed by atoms with Gasteiger partial charge >= 0.3 is 0 Å². The molecule has 90 valence electrons. The number of halogens is 1. The highest BCUT2D eigenvalue weighted by Gasteiger charge is 2.07. The van der Waals surface area contributed by atoms with Crippen molar-refractivity contribution < 1.29 is 9.53 Å². The van der Waals surface area contributed by atoms with Gasteiger partial charge in [-0.25, -0.2) is 4.98 Å². The van der Waals surface area contributed by atoms with Crippen LogP contribution in [0.2, 0.25) is 0 Å². The minimum atomic E-state index is -0.0667. The van der Waals surface area contributed by atoms with Crippen LogP contribution in [0.1, 0.15) is 21.1 Å². The zero-order valence-electron chi connectivity index (χ0n) is 9.16. The predicted molar refractivity (Wildman–Crippen MR) is 65.3 cm³/mol. The van der Waals surface area contributed by atoms with E-state index in [1.165, 1.54) is 11.3 Å². The molecule has 6 heteroatoms. The monoisotopic (exact) mass is 262 g/mol. The van der Waals surface area contributed by atoms with Crippen molar-refractivity contribution in [2.24, 2.45) is 0 Å². The number of aromatic nitrogens is 1. The number of nitrogens with one attached hydrogen (secondary N) is 1. The molecule has 0 unspecified atom stereocenters. The number of ether oxygens (including phenoxy) is 1. The summed E-state index contributed by atoms with van der Waals surface area (Å²) in [5.74, 6) is 0.440. The number of rotatable bonds is 7. The van der Waals surface area contributed by atoms with Crippen molar-refractivity contribution in [3.63, 3.8) is 0 Å². The number of carbonyl (C=O) groups excluding carboxylic acids is 1. The maximum atomic E-state index is 11.5. The lowest BCUT2D eigenvalue weighted by Gasteiger charge is -2.03. The molecule has 0 saturated heterocycles. The second kappa shape index (κ2) is 7.60. The number of nitrogens with zero attached hydrogens (tertiary/aromatic N) is 1. The standard InChI is InChI=1S/C10H15ClN2O2S/c1-8-13-7-9(16-8)10(14)12-4-2-5-15-6-3-11/h7H,2-6H2,1H3,(H,12,14). The van der Waals surface area contributed by atoms with Crippen molar-refractivity contribution >= 4 is 28.8 Å². The molecule has 1 N–H and O–H groups in total. The summed E-state index contributed by atoms with van der Waals surface area (Å²) < 4.78 is 5.18. The molecule has 16 heavy (non-hydrogen) atoms. The summed E-state index contributed by atoms with van der Waals surface area (Å²) in [6, 6.07) is 0. The molecule has 0 aliphatic carbocycles. The summed E-state index contributed by atoms with van der Waals surface area (Å²) in [7, 11) is 0. The lowest BCUT2D eigenvalue weighted by molar-refractivity contribution is 0.0948. The van der Waals surface area contributed by atoms with Gasteiger partial charge in [0.25, 0.3) is 5.91 Å². The van der Waals surface area contributed by atoms with Crippen LogP contribution in [-0.2, 0) is 4.74 Å². The van der Waals surface area contributed by atoms with Gasteiger partial charge in [0.2, 0.25) is 0 Å². The first kappa shape index (κ1) is 13.4. The van der Waals surface area contributed by atoms with Gasteiger partial charge in [0.1, 0.15) is 4.88 Å². The molecule has 1 rings (SSSR count). The SMILES string of the molecule is Cc1ncc(C(=O)NCCCOCCCl)s1. The Morgan fingerprint density at radius 3 is 3.06 bits per heavy atom. The Hall–Kier alpha value is -0.650. The largest absolute Gasteiger partial charge is 0.380 e. The molecule has 4 nitrogen and oxygen atoms in total. The minimum absolute atomic E-state index is 0.0667. The molecule has 0 spiro atoms. The zero-order chi connectivity index (χ0) is 11.8. The van der Waals surface area contributed by atoms with Crippen LogP contribution in [-0.4, -0.2) is 36.5 Å². The molecule has 0 fully saturated rings. The van der Waals surface area contributed by atoms with E-state index in [9.17, 15) is 4.79 Å². The quantitative estimate of drug-likeness (QED) is 0.603. The predicted octanol–water partition coefficient (Wildman–Crippen LogP) is 1.83. The van der Waals surface area contributed by atoms with Crippen LogP contribution in [0.25, 0.3) is 0 Å². The number of carbonyl (C=O) groups is 1. The number of alkyl halides is 1. The number of thiazole rings is 1. The van der Waals surface area contributed by atoms with Gasteiger partial charge in [0, 0.05) is 19.0 Å². The molecule has 1 amide bonds. The van der Waals surface area contributed by atoms with Crippen LogP contribution >= 0.6 is 22.9 Å². The summed E-state index contributed by atoms with van der Waals surface area (Å²) in [6.45, 7) is 3.66. The molecule has 0 atom stereocenters. The molecule has 1 aromatic heterocycles. The highest BCUT2D eigenvalue weighted by Crippen LogP contribution is 2.10. The Balaban J connectivity index is 2.11. The lowest BCUT2D eigenvalue weighted by atomic mass is 10.4. The van der Waals surface area contributed by atoms with E-state index in [2.05, 4.69) is 10.3 Å². The first-order valence-corrected chi connectivity index (χ1v) is 6.43. The van der Waals surface area contributed by atoms with Gasteiger partial charge in [-0.1, -0.05) is 0 Å². The van der Waals surface area contributed by atoms with E-state index in [1.807, 2.05) is 6.92 Å². The molecule has 0 radical (unpaired) electrons. The van der Waals surface area contributed by atoms with Crippen LogP contribution in [0.5, 0.6) is 0 Å². The number of amides is 1. The molecule has 0 bridgehead atoms. The normalized spacial score (nSPS) is 10.4. The van der Waals surface area contributed by atoms with Crippen molar-refractivity contribution in [1.82, 2.24) is 10.3 Å². The average molecular weight is 263 g/mol. The molecule has 0 aliphatic rings. The first-order chi connectivity index (χ1) is 7.74. The maximum Gasteiger partial charge on any atom is 0.263 e. The fourth-order valence-corrected chi connectivity index (χ4v) is 1.89. The van der Waals surface area contributed by atoms with Gasteiger partial charge in [-0.05, 0) is 13.3 Å². The molecule has 0 aliphatic heterocycles.